The van der Waals surface area contributed by atoms with Crippen molar-refractivity contribution in [3.8, 4) is 28.3 Å². The first-order valence-corrected chi connectivity index (χ1v) is 11.8. The highest BCUT2D eigenvalue weighted by atomic mass is 28.3. The zero-order chi connectivity index (χ0) is 18.7. The molecule has 26 heavy (non-hydrogen) atoms. The van der Waals surface area contributed by atoms with Gasteiger partial charge >= 0.3 is 0 Å². The fraction of sp³-hybridized carbons (Fsp3) is 0.150. The molecule has 6 heteroatoms. The van der Waals surface area contributed by atoms with Gasteiger partial charge in [-0.2, -0.15) is 5.10 Å². The van der Waals surface area contributed by atoms with Gasteiger partial charge in [0.25, 0.3) is 5.69 Å². The monoisotopic (exact) mass is 361 g/mol. The Labute approximate surface area is 153 Å². The quantitative estimate of drug-likeness (QED) is 0.295. The van der Waals surface area contributed by atoms with Gasteiger partial charge in [-0.05, 0) is 29.8 Å². The van der Waals surface area contributed by atoms with Gasteiger partial charge in [0, 0.05) is 17.7 Å². The fourth-order valence-corrected chi connectivity index (χ4v) is 2.95. The van der Waals surface area contributed by atoms with E-state index < -0.39 is 13.0 Å². The third-order valence-corrected chi connectivity index (χ3v) is 4.59. The van der Waals surface area contributed by atoms with Gasteiger partial charge in [0.05, 0.1) is 16.8 Å². The lowest BCUT2D eigenvalue weighted by molar-refractivity contribution is -0.384. The Hall–Kier alpha value is -3.17. The number of non-ortho nitro benzene ring substituents is 1. The van der Waals surface area contributed by atoms with Crippen LogP contribution in [0.5, 0.6) is 0 Å². The summed E-state index contributed by atoms with van der Waals surface area (Å²) >= 11 is 0. The minimum atomic E-state index is -1.58. The van der Waals surface area contributed by atoms with Crippen molar-refractivity contribution in [3.05, 3.63) is 76.6 Å². The lowest BCUT2D eigenvalue weighted by Gasteiger charge is -2.07. The van der Waals surface area contributed by atoms with Gasteiger partial charge in [-0.15, -0.1) is 5.54 Å². The average molecular weight is 361 g/mol. The molecule has 1 aromatic heterocycles. The number of nitro benzene ring substituents is 1. The summed E-state index contributed by atoms with van der Waals surface area (Å²) < 4.78 is 1.82. The average Bonchev–Trinajstić information content (AvgIpc) is 3.04. The van der Waals surface area contributed by atoms with E-state index in [1.165, 1.54) is 12.1 Å². The van der Waals surface area contributed by atoms with E-state index in [1.54, 1.807) is 18.3 Å². The van der Waals surface area contributed by atoms with Crippen molar-refractivity contribution in [1.29, 1.82) is 0 Å². The molecule has 0 atom stereocenters. The van der Waals surface area contributed by atoms with E-state index in [1.807, 2.05) is 35.0 Å². The van der Waals surface area contributed by atoms with E-state index in [0.29, 0.717) is 0 Å². The molecule has 0 bridgehead atoms. The van der Waals surface area contributed by atoms with Crippen LogP contribution in [0.15, 0.2) is 60.8 Å². The second kappa shape index (κ2) is 6.98. The SMILES string of the molecule is C[Si](C)(C)C#Cc1c(-c2ccc([N+](=O)[O-])cc2)cnn1-c1ccccc1. The molecule has 0 saturated carbocycles. The number of hydrogen-bond donors (Lipinski definition) is 0. The molecule has 0 N–H and O–H groups in total. The molecule has 0 radical (unpaired) electrons. The van der Waals surface area contributed by atoms with Gasteiger partial charge in [-0.3, -0.25) is 10.1 Å². The van der Waals surface area contributed by atoms with Crippen LogP contribution in [-0.2, 0) is 0 Å². The molecule has 0 unspecified atom stereocenters. The first-order chi connectivity index (χ1) is 12.3. The maximum atomic E-state index is 10.9. The summed E-state index contributed by atoms with van der Waals surface area (Å²) in [6.45, 7) is 6.57. The molecule has 0 aliphatic carbocycles. The Morgan fingerprint density at radius 2 is 1.69 bits per heavy atom. The van der Waals surface area contributed by atoms with Gasteiger partial charge in [0.2, 0.25) is 0 Å². The van der Waals surface area contributed by atoms with Crippen LogP contribution in [-0.4, -0.2) is 22.8 Å². The zero-order valence-corrected chi connectivity index (χ0v) is 15.9. The van der Waals surface area contributed by atoms with Crippen molar-refractivity contribution in [2.24, 2.45) is 0 Å². The molecule has 0 amide bonds. The second-order valence-corrected chi connectivity index (χ2v) is 11.7. The van der Waals surface area contributed by atoms with Crippen LogP contribution in [0.3, 0.4) is 0 Å². The molecule has 1 heterocycles. The van der Waals surface area contributed by atoms with Crippen molar-refractivity contribution in [2.75, 3.05) is 0 Å². The Balaban J connectivity index is 2.14. The van der Waals surface area contributed by atoms with Crippen LogP contribution in [0.4, 0.5) is 5.69 Å². The number of hydrogen-bond acceptors (Lipinski definition) is 3. The van der Waals surface area contributed by atoms with Crippen molar-refractivity contribution in [3.63, 3.8) is 0 Å². The summed E-state index contributed by atoms with van der Waals surface area (Å²) in [5.41, 5.74) is 6.92. The molecule has 3 aromatic rings. The maximum absolute atomic E-state index is 10.9. The van der Waals surface area contributed by atoms with Crippen molar-refractivity contribution in [2.45, 2.75) is 19.6 Å². The van der Waals surface area contributed by atoms with Crippen LogP contribution in [0.1, 0.15) is 5.69 Å². The van der Waals surface area contributed by atoms with Crippen LogP contribution >= 0.6 is 0 Å². The predicted octanol–water partition coefficient (Wildman–Crippen LogP) is 4.68. The van der Waals surface area contributed by atoms with E-state index in [9.17, 15) is 10.1 Å². The topological polar surface area (TPSA) is 61.0 Å². The van der Waals surface area contributed by atoms with E-state index in [4.69, 9.17) is 0 Å². The van der Waals surface area contributed by atoms with Crippen LogP contribution in [0.2, 0.25) is 19.6 Å². The third-order valence-electron chi connectivity index (χ3n) is 3.72. The predicted molar refractivity (Wildman–Crippen MR) is 106 cm³/mol. The summed E-state index contributed by atoms with van der Waals surface area (Å²) in [5, 5.41) is 15.4. The molecular formula is C20H19N3O2Si. The summed E-state index contributed by atoms with van der Waals surface area (Å²) in [6.07, 6.45) is 1.77. The number of rotatable bonds is 3. The first-order valence-electron chi connectivity index (χ1n) is 8.26. The Morgan fingerprint density at radius 1 is 1.04 bits per heavy atom. The van der Waals surface area contributed by atoms with Crippen LogP contribution in [0.25, 0.3) is 16.8 Å². The molecule has 0 aliphatic heterocycles. The molecule has 130 valence electrons. The molecule has 3 rings (SSSR count). The van der Waals surface area contributed by atoms with Crippen molar-refractivity contribution < 1.29 is 4.92 Å². The number of nitrogens with zero attached hydrogens (tertiary/aromatic N) is 3. The smallest absolute Gasteiger partial charge is 0.258 e. The van der Waals surface area contributed by atoms with Crippen molar-refractivity contribution >= 4 is 13.8 Å². The number of nitro groups is 1. The summed E-state index contributed by atoms with van der Waals surface area (Å²) in [6, 6.07) is 16.3. The fourth-order valence-electron chi connectivity index (χ4n) is 2.45. The van der Waals surface area contributed by atoms with Crippen LogP contribution in [0, 0.1) is 21.6 Å². The highest BCUT2D eigenvalue weighted by Gasteiger charge is 2.15. The molecule has 0 saturated heterocycles. The minimum Gasteiger partial charge on any atom is -0.258 e. The molecular weight excluding hydrogens is 342 g/mol. The Bertz CT molecular complexity index is 992. The lowest BCUT2D eigenvalue weighted by Crippen LogP contribution is -2.16. The van der Waals surface area contributed by atoms with E-state index in [2.05, 4.69) is 36.2 Å². The number of aromatic nitrogens is 2. The highest BCUT2D eigenvalue weighted by molar-refractivity contribution is 6.83. The van der Waals surface area contributed by atoms with E-state index in [-0.39, 0.29) is 5.69 Å². The van der Waals surface area contributed by atoms with Gasteiger partial charge in [-0.1, -0.05) is 43.8 Å². The summed E-state index contributed by atoms with van der Waals surface area (Å²) in [4.78, 5) is 10.5. The largest absolute Gasteiger partial charge is 0.269 e. The summed E-state index contributed by atoms with van der Waals surface area (Å²) in [7, 11) is -1.58. The lowest BCUT2D eigenvalue weighted by atomic mass is 10.1. The standard InChI is InChI=1S/C20H19N3O2Si/c1-26(2,3)14-13-20-19(16-9-11-18(12-10-16)23(24)25)15-21-22(20)17-7-5-4-6-8-17/h4-12,15H,1-3H3. The molecule has 5 nitrogen and oxygen atoms in total. The first kappa shape index (κ1) is 17.6. The minimum absolute atomic E-state index is 0.0685. The van der Waals surface area contributed by atoms with Gasteiger partial charge in [0.1, 0.15) is 13.8 Å². The normalized spacial score (nSPS) is 10.9. The van der Waals surface area contributed by atoms with Gasteiger partial charge in [0.15, 0.2) is 0 Å². The molecule has 2 aromatic carbocycles. The highest BCUT2D eigenvalue weighted by Crippen LogP contribution is 2.27. The Kier molecular flexibility index (Phi) is 4.74. The van der Waals surface area contributed by atoms with Crippen LogP contribution < -0.4 is 0 Å². The van der Waals surface area contributed by atoms with E-state index >= 15 is 0 Å². The van der Waals surface area contributed by atoms with Gasteiger partial charge in [-0.25, -0.2) is 4.68 Å². The third kappa shape index (κ3) is 3.90. The second-order valence-electron chi connectivity index (χ2n) is 6.96. The van der Waals surface area contributed by atoms with Gasteiger partial charge < -0.3 is 0 Å². The maximum Gasteiger partial charge on any atom is 0.269 e. The number of benzene rings is 2. The summed E-state index contributed by atoms with van der Waals surface area (Å²) in [5.74, 6) is 3.31. The zero-order valence-electron chi connectivity index (χ0n) is 14.9. The molecule has 0 spiro atoms. The Morgan fingerprint density at radius 3 is 2.27 bits per heavy atom. The van der Waals surface area contributed by atoms with E-state index in [0.717, 1.165) is 22.5 Å². The molecule has 0 aliphatic rings. The van der Waals surface area contributed by atoms with Crippen molar-refractivity contribution in [1.82, 2.24) is 9.78 Å². The molecule has 0 fully saturated rings. The number of para-hydroxylation sites is 1.